The maximum Gasteiger partial charge on any atom is 0.275 e. The Hall–Kier alpha value is -2.86. The number of nitrogens with zero attached hydrogens (tertiary/aromatic N) is 2. The highest BCUT2D eigenvalue weighted by molar-refractivity contribution is 7.80. The average Bonchev–Trinajstić information content (AvgIpc) is 2.63. The lowest BCUT2D eigenvalue weighted by Gasteiger charge is -2.08. The van der Waals surface area contributed by atoms with Crippen LogP contribution in [-0.2, 0) is 6.54 Å². The van der Waals surface area contributed by atoms with E-state index in [9.17, 15) is 4.79 Å². The second-order valence-corrected chi connectivity index (χ2v) is 5.58. The van der Waals surface area contributed by atoms with Gasteiger partial charge in [-0.15, -0.1) is 12.6 Å². The van der Waals surface area contributed by atoms with Gasteiger partial charge in [0.2, 0.25) is 0 Å². The smallest absolute Gasteiger partial charge is 0.275 e. The lowest BCUT2D eigenvalue weighted by molar-refractivity contribution is 0.102. The maximum absolute atomic E-state index is 12.2. The summed E-state index contributed by atoms with van der Waals surface area (Å²) in [7, 11) is 0. The average molecular weight is 336 g/mol. The first kappa shape index (κ1) is 16.0. The van der Waals surface area contributed by atoms with Gasteiger partial charge in [-0.2, -0.15) is 0 Å². The zero-order valence-corrected chi connectivity index (χ0v) is 13.7. The van der Waals surface area contributed by atoms with Crippen molar-refractivity contribution in [1.82, 2.24) is 9.97 Å². The third kappa shape index (κ3) is 4.11. The number of hydrogen-bond donors (Lipinski definition) is 3. The van der Waals surface area contributed by atoms with Gasteiger partial charge in [0.1, 0.15) is 11.5 Å². The maximum atomic E-state index is 12.2. The van der Waals surface area contributed by atoms with Gasteiger partial charge < -0.3 is 10.6 Å². The van der Waals surface area contributed by atoms with Gasteiger partial charge in [0.05, 0.1) is 18.1 Å². The summed E-state index contributed by atoms with van der Waals surface area (Å²) in [5.41, 5.74) is 2.03. The van der Waals surface area contributed by atoms with Crippen LogP contribution in [0.5, 0.6) is 0 Å². The second-order valence-electron chi connectivity index (χ2n) is 5.10. The second kappa shape index (κ2) is 7.61. The molecule has 3 aromatic rings. The van der Waals surface area contributed by atoms with Gasteiger partial charge in [0, 0.05) is 11.4 Å². The van der Waals surface area contributed by atoms with E-state index in [4.69, 9.17) is 0 Å². The lowest BCUT2D eigenvalue weighted by Crippen LogP contribution is -2.15. The quantitative estimate of drug-likeness (QED) is 0.623. The number of anilines is 2. The molecule has 0 bridgehead atoms. The number of thiol groups is 1. The normalized spacial score (nSPS) is 10.2. The van der Waals surface area contributed by atoms with E-state index < -0.39 is 0 Å². The molecule has 1 aromatic heterocycles. The standard InChI is InChI=1S/C18H16N4OS/c23-18(22-14-8-4-5-9-16(14)24)15-11-21-17(12-19-15)20-10-13-6-2-1-3-7-13/h1-9,11-12,24H,10H2,(H,20,21)(H,22,23). The molecule has 2 N–H and O–H groups in total. The van der Waals surface area contributed by atoms with Crippen molar-refractivity contribution in [2.45, 2.75) is 11.4 Å². The molecule has 0 aliphatic rings. The molecule has 120 valence electrons. The number of hydrogen-bond acceptors (Lipinski definition) is 5. The van der Waals surface area contributed by atoms with Crippen molar-refractivity contribution in [3.63, 3.8) is 0 Å². The van der Waals surface area contributed by atoms with Gasteiger partial charge >= 0.3 is 0 Å². The molecular formula is C18H16N4OS. The first-order valence-corrected chi connectivity index (χ1v) is 7.86. The van der Waals surface area contributed by atoms with Gasteiger partial charge in [-0.3, -0.25) is 4.79 Å². The van der Waals surface area contributed by atoms with E-state index >= 15 is 0 Å². The molecule has 2 aromatic carbocycles. The summed E-state index contributed by atoms with van der Waals surface area (Å²) in [6, 6.07) is 17.3. The van der Waals surface area contributed by atoms with Crippen LogP contribution in [0.25, 0.3) is 0 Å². The Balaban J connectivity index is 1.61. The van der Waals surface area contributed by atoms with Crippen LogP contribution in [0.4, 0.5) is 11.5 Å². The summed E-state index contributed by atoms with van der Waals surface area (Å²) in [6.45, 7) is 0.647. The van der Waals surface area contributed by atoms with Crippen LogP contribution < -0.4 is 10.6 Å². The summed E-state index contributed by atoms with van der Waals surface area (Å²) >= 11 is 4.30. The Morgan fingerprint density at radius 1 is 0.958 bits per heavy atom. The third-order valence-corrected chi connectivity index (χ3v) is 3.74. The predicted octanol–water partition coefficient (Wildman–Crippen LogP) is 3.63. The number of rotatable bonds is 5. The molecule has 0 saturated heterocycles. The van der Waals surface area contributed by atoms with Crippen LogP contribution >= 0.6 is 12.6 Å². The fourth-order valence-corrected chi connectivity index (χ4v) is 2.31. The Morgan fingerprint density at radius 2 is 1.71 bits per heavy atom. The molecule has 24 heavy (non-hydrogen) atoms. The highest BCUT2D eigenvalue weighted by atomic mass is 32.1. The molecule has 0 fully saturated rings. The highest BCUT2D eigenvalue weighted by Crippen LogP contribution is 2.19. The van der Waals surface area contributed by atoms with Crippen LogP contribution in [0.15, 0.2) is 71.9 Å². The first-order chi connectivity index (χ1) is 11.7. The predicted molar refractivity (Wildman–Crippen MR) is 97.4 cm³/mol. The van der Waals surface area contributed by atoms with Gasteiger partial charge in [-0.05, 0) is 17.7 Å². The number of carbonyl (C=O) groups is 1. The number of benzene rings is 2. The van der Waals surface area contributed by atoms with Gasteiger partial charge in [-0.25, -0.2) is 9.97 Å². The minimum atomic E-state index is -0.321. The van der Waals surface area contributed by atoms with Crippen LogP contribution in [0.2, 0.25) is 0 Å². The molecule has 0 aliphatic heterocycles. The Bertz CT molecular complexity index is 822. The van der Waals surface area contributed by atoms with Crippen molar-refractivity contribution in [3.05, 3.63) is 78.2 Å². The monoisotopic (exact) mass is 336 g/mol. The minimum absolute atomic E-state index is 0.247. The van der Waals surface area contributed by atoms with E-state index in [1.54, 1.807) is 18.3 Å². The molecule has 6 heteroatoms. The van der Waals surface area contributed by atoms with E-state index in [2.05, 4.69) is 33.2 Å². The van der Waals surface area contributed by atoms with E-state index in [1.807, 2.05) is 42.5 Å². The van der Waals surface area contributed by atoms with E-state index in [0.29, 0.717) is 22.9 Å². The van der Waals surface area contributed by atoms with Crippen molar-refractivity contribution in [2.24, 2.45) is 0 Å². The zero-order valence-electron chi connectivity index (χ0n) is 12.8. The molecular weight excluding hydrogens is 320 g/mol. The molecule has 0 atom stereocenters. The van der Waals surface area contributed by atoms with Gasteiger partial charge in [0.25, 0.3) is 5.91 Å². The summed E-state index contributed by atoms with van der Waals surface area (Å²) < 4.78 is 0. The SMILES string of the molecule is O=C(Nc1ccccc1S)c1cnc(NCc2ccccc2)cn1. The summed E-state index contributed by atoms with van der Waals surface area (Å²) in [5.74, 6) is 0.295. The summed E-state index contributed by atoms with van der Waals surface area (Å²) in [5, 5.41) is 5.93. The summed E-state index contributed by atoms with van der Waals surface area (Å²) in [6.07, 6.45) is 2.99. The van der Waals surface area contributed by atoms with Crippen molar-refractivity contribution in [3.8, 4) is 0 Å². The van der Waals surface area contributed by atoms with Crippen LogP contribution in [0, 0.1) is 0 Å². The topological polar surface area (TPSA) is 66.9 Å². The van der Waals surface area contributed by atoms with Crippen molar-refractivity contribution < 1.29 is 4.79 Å². The van der Waals surface area contributed by atoms with E-state index in [-0.39, 0.29) is 11.6 Å². The van der Waals surface area contributed by atoms with Crippen LogP contribution in [-0.4, -0.2) is 15.9 Å². The number of amides is 1. The Labute approximate surface area is 145 Å². The Morgan fingerprint density at radius 3 is 2.42 bits per heavy atom. The number of carbonyl (C=O) groups excluding carboxylic acids is 1. The largest absolute Gasteiger partial charge is 0.365 e. The number of para-hydroxylation sites is 1. The fourth-order valence-electron chi connectivity index (χ4n) is 2.09. The molecule has 3 rings (SSSR count). The molecule has 1 amide bonds. The van der Waals surface area contributed by atoms with Crippen molar-refractivity contribution in [2.75, 3.05) is 10.6 Å². The molecule has 5 nitrogen and oxygen atoms in total. The van der Waals surface area contributed by atoms with E-state index in [1.165, 1.54) is 6.20 Å². The molecule has 1 heterocycles. The van der Waals surface area contributed by atoms with Crippen LogP contribution in [0.1, 0.15) is 16.1 Å². The van der Waals surface area contributed by atoms with Gasteiger partial charge in [-0.1, -0.05) is 42.5 Å². The first-order valence-electron chi connectivity index (χ1n) is 7.41. The highest BCUT2D eigenvalue weighted by Gasteiger charge is 2.09. The van der Waals surface area contributed by atoms with Gasteiger partial charge in [0.15, 0.2) is 0 Å². The molecule has 0 radical (unpaired) electrons. The molecule has 0 aliphatic carbocycles. The van der Waals surface area contributed by atoms with E-state index in [0.717, 1.165) is 5.56 Å². The Kier molecular flexibility index (Phi) is 5.08. The van der Waals surface area contributed by atoms with Crippen molar-refractivity contribution in [1.29, 1.82) is 0 Å². The third-order valence-electron chi connectivity index (χ3n) is 3.35. The molecule has 0 spiro atoms. The minimum Gasteiger partial charge on any atom is -0.365 e. The van der Waals surface area contributed by atoms with Crippen molar-refractivity contribution >= 4 is 30.0 Å². The molecule has 0 unspecified atom stereocenters. The number of aromatic nitrogens is 2. The molecule has 0 saturated carbocycles. The zero-order chi connectivity index (χ0) is 16.8. The fraction of sp³-hybridized carbons (Fsp3) is 0.0556. The number of nitrogens with one attached hydrogen (secondary N) is 2. The lowest BCUT2D eigenvalue weighted by atomic mass is 10.2. The van der Waals surface area contributed by atoms with Crippen LogP contribution in [0.3, 0.4) is 0 Å². The summed E-state index contributed by atoms with van der Waals surface area (Å²) in [4.78, 5) is 21.3.